The van der Waals surface area contributed by atoms with Gasteiger partial charge >= 0.3 is 0 Å². The predicted octanol–water partition coefficient (Wildman–Crippen LogP) is 6.50. The van der Waals surface area contributed by atoms with Gasteiger partial charge in [-0.2, -0.15) is 0 Å². The molecule has 4 rings (SSSR count). The summed E-state index contributed by atoms with van der Waals surface area (Å²) in [6, 6.07) is 24.1. The number of imide groups is 1. The van der Waals surface area contributed by atoms with Gasteiger partial charge in [0.25, 0.3) is 17.7 Å². The van der Waals surface area contributed by atoms with Crippen molar-refractivity contribution >= 4 is 40.9 Å². The average Bonchev–Trinajstić information content (AvgIpc) is 3.09. The number of amides is 3. The Morgan fingerprint density at radius 2 is 1.43 bits per heavy atom. The van der Waals surface area contributed by atoms with Gasteiger partial charge in [0.1, 0.15) is 10.6 Å². The fourth-order valence-corrected chi connectivity index (χ4v) is 4.85. The molecule has 0 fully saturated rings. The highest BCUT2D eigenvalue weighted by Gasteiger charge is 2.39. The minimum absolute atomic E-state index is 0.149. The van der Waals surface area contributed by atoms with Gasteiger partial charge in [0.05, 0.1) is 0 Å². The zero-order valence-corrected chi connectivity index (χ0v) is 22.3. The molecule has 1 aliphatic rings. The highest BCUT2D eigenvalue weighted by atomic mass is 32.2. The van der Waals surface area contributed by atoms with E-state index in [1.165, 1.54) is 22.2 Å². The number of benzene rings is 3. The molecule has 3 aromatic carbocycles. The molecule has 0 saturated carbocycles. The van der Waals surface area contributed by atoms with Crippen LogP contribution in [-0.4, -0.2) is 29.2 Å². The molecule has 0 aromatic heterocycles. The van der Waals surface area contributed by atoms with Crippen molar-refractivity contribution in [3.05, 3.63) is 101 Å². The van der Waals surface area contributed by atoms with Crippen molar-refractivity contribution in [2.45, 2.75) is 38.5 Å². The summed E-state index contributed by atoms with van der Waals surface area (Å²) in [6.07, 6.45) is 0. The number of carbonyl (C=O) groups excluding carboxylic acids is 3. The number of nitrogens with one attached hydrogen (secondary N) is 2. The molecular weight excluding hydrogens is 482 g/mol. The average molecular weight is 514 g/mol. The fourth-order valence-electron chi connectivity index (χ4n) is 3.90. The van der Waals surface area contributed by atoms with E-state index in [4.69, 9.17) is 0 Å². The highest BCUT2D eigenvalue weighted by molar-refractivity contribution is 8.04. The van der Waals surface area contributed by atoms with Gasteiger partial charge in [-0.25, -0.2) is 0 Å². The van der Waals surface area contributed by atoms with Crippen LogP contribution in [-0.2, 0) is 9.59 Å². The molecule has 0 unspecified atom stereocenters. The summed E-state index contributed by atoms with van der Waals surface area (Å²) in [5, 5.41) is 6.08. The number of nitrogens with zero attached hydrogens (tertiary/aromatic N) is 1. The second-order valence-electron chi connectivity index (χ2n) is 9.67. The number of hydrogen-bond acceptors (Lipinski definition) is 5. The third-order valence-corrected chi connectivity index (χ3v) is 6.98. The van der Waals surface area contributed by atoms with Crippen molar-refractivity contribution in [2.75, 3.05) is 17.2 Å². The molecule has 0 radical (unpaired) electrons. The first-order valence-electron chi connectivity index (χ1n) is 12.3. The Morgan fingerprint density at radius 3 is 2.03 bits per heavy atom. The summed E-state index contributed by atoms with van der Waals surface area (Å²) >= 11 is 1.25. The van der Waals surface area contributed by atoms with E-state index in [2.05, 4.69) is 24.5 Å². The molecule has 0 atom stereocenters. The first-order valence-corrected chi connectivity index (χ1v) is 13.2. The van der Waals surface area contributed by atoms with Gasteiger partial charge in [-0.3, -0.25) is 19.3 Å². The van der Waals surface area contributed by atoms with Crippen molar-refractivity contribution in [2.24, 2.45) is 5.92 Å². The van der Waals surface area contributed by atoms with E-state index in [1.807, 2.05) is 68.4 Å². The number of carbonyl (C=O) groups is 3. The lowest BCUT2D eigenvalue weighted by Gasteiger charge is -2.17. The number of thioether (sulfide) groups is 1. The summed E-state index contributed by atoms with van der Waals surface area (Å²) in [4.78, 5) is 41.5. The van der Waals surface area contributed by atoms with Crippen LogP contribution in [0, 0.1) is 5.92 Å². The Kier molecular flexibility index (Phi) is 8.14. The molecule has 3 aromatic rings. The molecule has 0 bridgehead atoms. The molecule has 0 spiro atoms. The Hall–Kier alpha value is -3.84. The third kappa shape index (κ3) is 6.30. The Labute approximate surface area is 222 Å². The first-order chi connectivity index (χ1) is 17.7. The molecule has 3 amide bonds. The largest absolute Gasteiger partial charge is 0.350 e. The fraction of sp³-hybridized carbons (Fsp3) is 0.233. The van der Waals surface area contributed by atoms with Crippen molar-refractivity contribution in [3.63, 3.8) is 0 Å². The van der Waals surface area contributed by atoms with Crippen LogP contribution in [0.25, 0.3) is 0 Å². The molecule has 190 valence electrons. The Bertz CT molecular complexity index is 1310. The van der Waals surface area contributed by atoms with Gasteiger partial charge in [-0.1, -0.05) is 69.8 Å². The van der Waals surface area contributed by atoms with Crippen LogP contribution < -0.4 is 10.6 Å². The zero-order valence-electron chi connectivity index (χ0n) is 21.4. The van der Waals surface area contributed by atoms with E-state index < -0.39 is 0 Å². The molecule has 1 aliphatic heterocycles. The van der Waals surface area contributed by atoms with E-state index in [-0.39, 0.29) is 29.3 Å². The minimum atomic E-state index is -0.319. The van der Waals surface area contributed by atoms with Crippen LogP contribution in [0.5, 0.6) is 0 Å². The number of anilines is 2. The van der Waals surface area contributed by atoms with Crippen LogP contribution in [0.1, 0.15) is 49.5 Å². The first kappa shape index (κ1) is 26.2. The van der Waals surface area contributed by atoms with Crippen molar-refractivity contribution < 1.29 is 14.4 Å². The molecule has 37 heavy (non-hydrogen) atoms. The smallest absolute Gasteiger partial charge is 0.278 e. The molecule has 0 saturated heterocycles. The monoisotopic (exact) mass is 513 g/mol. The van der Waals surface area contributed by atoms with Crippen LogP contribution in [0.2, 0.25) is 0 Å². The van der Waals surface area contributed by atoms with E-state index in [1.54, 1.807) is 24.3 Å². The van der Waals surface area contributed by atoms with E-state index in [0.717, 1.165) is 10.6 Å². The Morgan fingerprint density at radius 1 is 0.811 bits per heavy atom. The lowest BCUT2D eigenvalue weighted by atomic mass is 10.0. The number of hydrogen-bond donors (Lipinski definition) is 2. The second kappa shape index (κ2) is 11.5. The SMILES string of the molecule is CC(C)CN1C(=O)C(Nc2ccc(C(C)C)cc2)=C(Sc2ccc(NC(=O)c3ccccc3)cc2)C1=O. The van der Waals surface area contributed by atoms with E-state index in [9.17, 15) is 14.4 Å². The van der Waals surface area contributed by atoms with Gasteiger partial charge in [0.2, 0.25) is 0 Å². The maximum Gasteiger partial charge on any atom is 0.278 e. The zero-order chi connectivity index (χ0) is 26.5. The maximum atomic E-state index is 13.3. The van der Waals surface area contributed by atoms with Gasteiger partial charge < -0.3 is 10.6 Å². The second-order valence-corrected chi connectivity index (χ2v) is 10.8. The summed E-state index contributed by atoms with van der Waals surface area (Å²) in [7, 11) is 0. The van der Waals surface area contributed by atoms with Crippen LogP contribution in [0.4, 0.5) is 11.4 Å². The van der Waals surface area contributed by atoms with Crippen molar-refractivity contribution in [1.29, 1.82) is 0 Å². The lowest BCUT2D eigenvalue weighted by Crippen LogP contribution is -2.35. The van der Waals surface area contributed by atoms with Gasteiger partial charge in [0.15, 0.2) is 0 Å². The topological polar surface area (TPSA) is 78.5 Å². The summed E-state index contributed by atoms with van der Waals surface area (Å²) < 4.78 is 0. The summed E-state index contributed by atoms with van der Waals surface area (Å²) in [5.41, 5.74) is 3.46. The predicted molar refractivity (Wildman–Crippen MR) is 149 cm³/mol. The van der Waals surface area contributed by atoms with Gasteiger partial charge in [-0.05, 0) is 65.9 Å². The quantitative estimate of drug-likeness (QED) is 0.319. The normalized spacial score (nSPS) is 13.6. The van der Waals surface area contributed by atoms with E-state index in [0.29, 0.717) is 28.6 Å². The van der Waals surface area contributed by atoms with Crippen LogP contribution >= 0.6 is 11.8 Å². The van der Waals surface area contributed by atoms with Crippen LogP contribution in [0.15, 0.2) is 94.4 Å². The van der Waals surface area contributed by atoms with Crippen molar-refractivity contribution in [1.82, 2.24) is 4.90 Å². The van der Waals surface area contributed by atoms with Crippen LogP contribution in [0.3, 0.4) is 0 Å². The summed E-state index contributed by atoms with van der Waals surface area (Å²) in [5.74, 6) is -0.265. The molecule has 0 aliphatic carbocycles. The molecular formula is C30H31N3O3S. The minimum Gasteiger partial charge on any atom is -0.350 e. The van der Waals surface area contributed by atoms with E-state index >= 15 is 0 Å². The number of rotatable bonds is 9. The lowest BCUT2D eigenvalue weighted by molar-refractivity contribution is -0.137. The van der Waals surface area contributed by atoms with Crippen molar-refractivity contribution in [3.8, 4) is 0 Å². The third-order valence-electron chi connectivity index (χ3n) is 5.89. The molecule has 6 nitrogen and oxygen atoms in total. The van der Waals surface area contributed by atoms with Gasteiger partial charge in [-0.15, -0.1) is 0 Å². The molecule has 7 heteroatoms. The summed E-state index contributed by atoms with van der Waals surface area (Å²) in [6.45, 7) is 8.56. The standard InChI is InChI=1S/C30H31N3O3S/c1-19(2)18-33-29(35)26(31-23-12-10-21(11-13-23)20(3)4)27(30(33)36)37-25-16-14-24(15-17-25)32-28(34)22-8-6-5-7-9-22/h5-17,19-20,31H,18H2,1-4H3,(H,32,34). The molecule has 1 heterocycles. The Balaban J connectivity index is 1.55. The van der Waals surface area contributed by atoms with Gasteiger partial charge in [0, 0.05) is 28.4 Å². The molecule has 2 N–H and O–H groups in total. The highest BCUT2D eigenvalue weighted by Crippen LogP contribution is 2.36. The maximum absolute atomic E-state index is 13.3.